The lowest BCUT2D eigenvalue weighted by Gasteiger charge is -2.25. The van der Waals surface area contributed by atoms with Crippen molar-refractivity contribution in [1.82, 2.24) is 10.2 Å². The highest BCUT2D eigenvalue weighted by molar-refractivity contribution is 5.89. The molecule has 0 unspecified atom stereocenters. The quantitative estimate of drug-likeness (QED) is 0.590. The highest BCUT2D eigenvalue weighted by atomic mass is 16.5. The maximum Gasteiger partial charge on any atom is 0.407 e. The second kappa shape index (κ2) is 8.86. The monoisotopic (exact) mass is 434 g/mol. The number of ether oxygens (including phenoxy) is 1. The van der Waals surface area contributed by atoms with Crippen LogP contribution in [-0.2, 0) is 14.3 Å². The molecule has 7 heteroatoms. The minimum absolute atomic E-state index is 0.0386. The highest BCUT2D eigenvalue weighted by Gasteiger charge is 2.52. The van der Waals surface area contributed by atoms with Crippen LogP contribution >= 0.6 is 0 Å². The zero-order valence-corrected chi connectivity index (χ0v) is 17.8. The van der Waals surface area contributed by atoms with Crippen LogP contribution in [0.5, 0.6) is 0 Å². The van der Waals surface area contributed by atoms with Gasteiger partial charge >= 0.3 is 12.1 Å². The van der Waals surface area contributed by atoms with Crippen LogP contribution in [0.25, 0.3) is 11.1 Å². The molecule has 0 radical (unpaired) electrons. The molecular formula is C25H26N2O5. The van der Waals surface area contributed by atoms with Crippen molar-refractivity contribution in [1.29, 1.82) is 0 Å². The third-order valence-electron chi connectivity index (χ3n) is 6.18. The van der Waals surface area contributed by atoms with Crippen molar-refractivity contribution in [3.05, 3.63) is 72.3 Å². The first-order valence-electron chi connectivity index (χ1n) is 10.7. The van der Waals surface area contributed by atoms with Crippen LogP contribution in [0.3, 0.4) is 0 Å². The number of carbonyl (C=O) groups is 3. The van der Waals surface area contributed by atoms with Gasteiger partial charge < -0.3 is 20.1 Å². The molecule has 1 saturated carbocycles. The van der Waals surface area contributed by atoms with Crippen LogP contribution in [0.1, 0.15) is 29.9 Å². The molecule has 1 fully saturated rings. The lowest BCUT2D eigenvalue weighted by molar-refractivity contribution is -0.146. The van der Waals surface area contributed by atoms with E-state index in [0.29, 0.717) is 12.8 Å². The van der Waals surface area contributed by atoms with E-state index < -0.39 is 24.0 Å². The number of carboxylic acid groups (broad SMARTS) is 1. The summed E-state index contributed by atoms with van der Waals surface area (Å²) in [6, 6.07) is 16.2. The first kappa shape index (κ1) is 21.6. The summed E-state index contributed by atoms with van der Waals surface area (Å²) < 4.78 is 5.53. The van der Waals surface area contributed by atoms with Gasteiger partial charge in [0.25, 0.3) is 0 Å². The molecule has 0 aliphatic heterocycles. The van der Waals surface area contributed by atoms with Crippen molar-refractivity contribution in [2.24, 2.45) is 5.41 Å². The van der Waals surface area contributed by atoms with Crippen molar-refractivity contribution in [2.45, 2.75) is 18.8 Å². The zero-order valence-electron chi connectivity index (χ0n) is 17.8. The third-order valence-corrected chi connectivity index (χ3v) is 6.18. The number of carbonyl (C=O) groups excluding carboxylic acids is 2. The summed E-state index contributed by atoms with van der Waals surface area (Å²) in [5, 5.41) is 11.8. The molecule has 2 N–H and O–H groups in total. The average molecular weight is 434 g/mol. The van der Waals surface area contributed by atoms with E-state index in [0.717, 1.165) is 22.3 Å². The summed E-state index contributed by atoms with van der Waals surface area (Å²) in [4.78, 5) is 37.6. The summed E-state index contributed by atoms with van der Waals surface area (Å²) in [5.41, 5.74) is 3.80. The molecule has 2 aliphatic rings. The molecule has 166 valence electrons. The van der Waals surface area contributed by atoms with Crippen molar-refractivity contribution >= 4 is 18.0 Å². The van der Waals surface area contributed by atoms with Crippen LogP contribution in [0, 0.1) is 5.41 Å². The van der Waals surface area contributed by atoms with E-state index >= 15 is 0 Å². The Balaban J connectivity index is 1.36. The fourth-order valence-corrected chi connectivity index (χ4v) is 4.38. The van der Waals surface area contributed by atoms with Crippen LogP contribution in [0.4, 0.5) is 4.79 Å². The Labute approximate surface area is 186 Å². The van der Waals surface area contributed by atoms with E-state index in [-0.39, 0.29) is 31.5 Å². The van der Waals surface area contributed by atoms with E-state index in [9.17, 15) is 14.4 Å². The lowest BCUT2D eigenvalue weighted by Crippen LogP contribution is -2.45. The molecule has 2 aromatic rings. The second-order valence-electron chi connectivity index (χ2n) is 8.33. The first-order chi connectivity index (χ1) is 15.4. The van der Waals surface area contributed by atoms with E-state index in [1.54, 1.807) is 0 Å². The van der Waals surface area contributed by atoms with E-state index in [1.165, 1.54) is 11.0 Å². The number of nitrogens with zero attached hydrogens (tertiary/aromatic N) is 1. The number of benzene rings is 2. The number of aliphatic carboxylic acids is 1. The van der Waals surface area contributed by atoms with Gasteiger partial charge in [-0.3, -0.25) is 9.59 Å². The van der Waals surface area contributed by atoms with Gasteiger partial charge in [-0.1, -0.05) is 54.6 Å². The number of nitrogens with one attached hydrogen (secondary N) is 1. The number of carboxylic acids is 1. The van der Waals surface area contributed by atoms with Gasteiger partial charge in [-0.2, -0.15) is 0 Å². The van der Waals surface area contributed by atoms with E-state index in [2.05, 4.69) is 36.2 Å². The Morgan fingerprint density at radius 1 is 1.09 bits per heavy atom. The normalized spacial score (nSPS) is 15.2. The minimum Gasteiger partial charge on any atom is -0.480 e. The molecule has 0 saturated heterocycles. The van der Waals surface area contributed by atoms with Crippen LogP contribution < -0.4 is 5.32 Å². The maximum atomic E-state index is 12.8. The number of fused-ring (bicyclic) bond motifs is 3. The second-order valence-corrected chi connectivity index (χ2v) is 8.33. The average Bonchev–Trinajstić information content (AvgIpc) is 3.52. The van der Waals surface area contributed by atoms with Crippen LogP contribution in [0.2, 0.25) is 0 Å². The summed E-state index contributed by atoms with van der Waals surface area (Å²) in [6.45, 7) is 3.66. The molecule has 2 aromatic carbocycles. The number of alkyl carbamates (subject to hydrolysis) is 1. The molecule has 0 heterocycles. The molecule has 0 bridgehead atoms. The number of hydrogen-bond donors (Lipinski definition) is 2. The fraction of sp³-hybridized carbons (Fsp3) is 0.320. The van der Waals surface area contributed by atoms with Crippen LogP contribution in [-0.4, -0.2) is 54.2 Å². The lowest BCUT2D eigenvalue weighted by atomic mass is 9.98. The molecule has 32 heavy (non-hydrogen) atoms. The zero-order chi connectivity index (χ0) is 22.7. The van der Waals surface area contributed by atoms with Gasteiger partial charge in [0, 0.05) is 19.0 Å². The predicted molar refractivity (Wildman–Crippen MR) is 119 cm³/mol. The van der Waals surface area contributed by atoms with E-state index in [4.69, 9.17) is 9.84 Å². The number of amides is 2. The third kappa shape index (κ3) is 4.23. The Morgan fingerprint density at radius 3 is 2.22 bits per heavy atom. The largest absolute Gasteiger partial charge is 0.480 e. The predicted octanol–water partition coefficient (Wildman–Crippen LogP) is 3.40. The Morgan fingerprint density at radius 2 is 1.69 bits per heavy atom. The molecular weight excluding hydrogens is 408 g/mol. The van der Waals surface area contributed by atoms with Crippen molar-refractivity contribution in [3.63, 3.8) is 0 Å². The summed E-state index contributed by atoms with van der Waals surface area (Å²) in [5.74, 6) is -1.40. The van der Waals surface area contributed by atoms with Gasteiger partial charge in [-0.25, -0.2) is 4.79 Å². The summed E-state index contributed by atoms with van der Waals surface area (Å²) in [6.07, 6.45) is 2.11. The molecule has 2 aliphatic carbocycles. The molecule has 4 rings (SSSR count). The molecule has 0 aromatic heterocycles. The summed E-state index contributed by atoms with van der Waals surface area (Å²) >= 11 is 0. The molecule has 7 nitrogen and oxygen atoms in total. The van der Waals surface area contributed by atoms with Gasteiger partial charge in [0.05, 0.1) is 5.41 Å². The molecule has 0 spiro atoms. The highest BCUT2D eigenvalue weighted by Crippen LogP contribution is 2.47. The molecule has 2 amide bonds. The van der Waals surface area contributed by atoms with Gasteiger partial charge in [-0.15, -0.1) is 6.58 Å². The Hall–Kier alpha value is -3.61. The molecule has 0 atom stereocenters. The standard InChI is InChI=1S/C25H26N2O5/c1-2-13-27(14-22(28)29)23(30)25(11-12-25)16-26-24(31)32-15-21-19-9-5-3-7-17(19)18-8-4-6-10-20(18)21/h2-10,21H,1,11-16H2,(H,26,31)(H,28,29). The van der Waals surface area contributed by atoms with Crippen LogP contribution in [0.15, 0.2) is 61.2 Å². The van der Waals surface area contributed by atoms with Gasteiger partial charge in [0.15, 0.2) is 0 Å². The number of hydrogen-bond acceptors (Lipinski definition) is 4. The SMILES string of the molecule is C=CCN(CC(=O)O)C(=O)C1(CNC(=O)OCC2c3ccccc3-c3ccccc32)CC1. The van der Waals surface area contributed by atoms with Gasteiger partial charge in [0.1, 0.15) is 13.2 Å². The van der Waals surface area contributed by atoms with Gasteiger partial charge in [-0.05, 0) is 35.1 Å². The topological polar surface area (TPSA) is 95.9 Å². The summed E-state index contributed by atoms with van der Waals surface area (Å²) in [7, 11) is 0. The van der Waals surface area contributed by atoms with Crippen molar-refractivity contribution < 1.29 is 24.2 Å². The Kier molecular flexibility index (Phi) is 5.99. The van der Waals surface area contributed by atoms with Crippen molar-refractivity contribution in [3.8, 4) is 11.1 Å². The van der Waals surface area contributed by atoms with Crippen molar-refractivity contribution in [2.75, 3.05) is 26.2 Å². The minimum atomic E-state index is -1.08. The van der Waals surface area contributed by atoms with Gasteiger partial charge in [0.2, 0.25) is 5.91 Å². The maximum absolute atomic E-state index is 12.8. The van der Waals surface area contributed by atoms with E-state index in [1.807, 2.05) is 24.3 Å². The first-order valence-corrected chi connectivity index (χ1v) is 10.7. The smallest absolute Gasteiger partial charge is 0.407 e. The Bertz CT molecular complexity index is 1010. The fourth-order valence-electron chi connectivity index (χ4n) is 4.38. The number of rotatable bonds is 9.